The van der Waals surface area contributed by atoms with Crippen LogP contribution in [-0.4, -0.2) is 17.4 Å². The van der Waals surface area contributed by atoms with E-state index in [1.165, 1.54) is 6.92 Å². The smallest absolute Gasteiger partial charge is 0.285 e. The molecule has 13 heavy (non-hydrogen) atoms. The lowest BCUT2D eigenvalue weighted by molar-refractivity contribution is 0.146. The van der Waals surface area contributed by atoms with Gasteiger partial charge in [-0.3, -0.25) is 9.15 Å². The first kappa shape index (κ1) is 13.1. The minimum absolute atomic E-state index is 0.0929. The van der Waals surface area contributed by atoms with Crippen LogP contribution in [0.3, 0.4) is 0 Å². The highest BCUT2D eigenvalue weighted by molar-refractivity contribution is 7.48. The van der Waals surface area contributed by atoms with E-state index in [4.69, 9.17) is 11.6 Å². The van der Waals surface area contributed by atoms with E-state index >= 15 is 0 Å². The van der Waals surface area contributed by atoms with Crippen LogP contribution in [0.2, 0.25) is 0 Å². The van der Waals surface area contributed by atoms with Gasteiger partial charge >= 0.3 is 13.3 Å². The lowest BCUT2D eigenvalue weighted by Gasteiger charge is -2.10. The molecule has 0 aromatic heterocycles. The van der Waals surface area contributed by atoms with Crippen molar-refractivity contribution >= 4 is 36.5 Å². The van der Waals surface area contributed by atoms with Crippen LogP contribution in [0.1, 0.15) is 6.92 Å². The summed E-state index contributed by atoms with van der Waals surface area (Å²) >= 11 is 9.76. The van der Waals surface area contributed by atoms with Crippen molar-refractivity contribution in [1.82, 2.24) is 0 Å². The molecule has 0 radical (unpaired) electrons. The fourth-order valence-corrected chi connectivity index (χ4v) is 1.29. The second-order valence-corrected chi connectivity index (χ2v) is 3.77. The molecule has 2 unspecified atom stereocenters. The van der Waals surface area contributed by atoms with Gasteiger partial charge in [0.25, 0.3) is 0 Å². The molecule has 0 rings (SSSR count). The van der Waals surface area contributed by atoms with Crippen molar-refractivity contribution in [3.8, 4) is 0 Å². The van der Waals surface area contributed by atoms with Gasteiger partial charge in [-0.15, -0.1) is 15.8 Å². The molecule has 9 heteroatoms. The van der Waals surface area contributed by atoms with E-state index in [1.807, 2.05) is 0 Å². The van der Waals surface area contributed by atoms with E-state index in [0.717, 1.165) is 0 Å². The first-order valence-corrected chi connectivity index (χ1v) is 5.34. The van der Waals surface area contributed by atoms with Crippen LogP contribution >= 0.6 is 31.1 Å². The Bertz CT molecular complexity index is 235. The fraction of sp³-hybridized carbons (Fsp3) is 0.750. The van der Waals surface area contributed by atoms with Gasteiger partial charge in [-0.2, -0.15) is 4.39 Å². The maximum Gasteiger partial charge on any atom is 0.590 e. The van der Waals surface area contributed by atoms with Gasteiger partial charge in [0.15, 0.2) is 0 Å². The van der Waals surface area contributed by atoms with E-state index in [-0.39, 0.29) is 5.88 Å². The summed E-state index contributed by atoms with van der Waals surface area (Å²) in [6.07, 6.45) is -0.842. The van der Waals surface area contributed by atoms with Crippen molar-refractivity contribution in [1.29, 1.82) is 0 Å². The maximum absolute atomic E-state index is 12.6. The quantitative estimate of drug-likeness (QED) is 0.328. The molecular formula is C4H6Cl2F2NO3P. The van der Waals surface area contributed by atoms with Gasteiger partial charge in [0.2, 0.25) is 0 Å². The molecule has 0 aliphatic carbocycles. The summed E-state index contributed by atoms with van der Waals surface area (Å²) in [5, 5.41) is 2.29. The highest BCUT2D eigenvalue weighted by Crippen LogP contribution is 2.51. The molecule has 0 spiro atoms. The lowest BCUT2D eigenvalue weighted by Crippen LogP contribution is -2.06. The van der Waals surface area contributed by atoms with Crippen molar-refractivity contribution in [2.75, 3.05) is 5.88 Å². The molecule has 0 aliphatic heterocycles. The maximum atomic E-state index is 12.6. The summed E-state index contributed by atoms with van der Waals surface area (Å²) in [5.41, 5.74) is -1.58. The zero-order chi connectivity index (χ0) is 10.5. The molecule has 0 aromatic rings. The van der Waals surface area contributed by atoms with Crippen molar-refractivity contribution < 1.29 is 22.3 Å². The monoisotopic (exact) mass is 255 g/mol. The van der Waals surface area contributed by atoms with Gasteiger partial charge in [-0.1, -0.05) is 0 Å². The van der Waals surface area contributed by atoms with Crippen molar-refractivity contribution in [2.45, 2.75) is 13.0 Å². The lowest BCUT2D eigenvalue weighted by atomic mass is 10.5. The molecule has 0 fully saturated rings. The zero-order valence-corrected chi connectivity index (χ0v) is 8.82. The third-order valence-electron chi connectivity index (χ3n) is 0.731. The Balaban J connectivity index is 4.09. The Kier molecular flexibility index (Phi) is 5.80. The van der Waals surface area contributed by atoms with Gasteiger partial charge in [-0.05, 0) is 23.7 Å². The molecule has 0 N–H and O–H groups in total. The molecule has 2 atom stereocenters. The van der Waals surface area contributed by atoms with Crippen LogP contribution in [0.4, 0.5) is 8.59 Å². The second-order valence-electron chi connectivity index (χ2n) is 1.91. The van der Waals surface area contributed by atoms with E-state index < -0.39 is 19.4 Å². The summed E-state index contributed by atoms with van der Waals surface area (Å²) in [4.78, 5) is 0. The summed E-state index contributed by atoms with van der Waals surface area (Å²) < 4.78 is 42.6. The minimum atomic E-state index is -4.92. The zero-order valence-electron chi connectivity index (χ0n) is 6.42. The SMILES string of the molecule is CC(CCl)OP(=O)(F)O/N=C(\F)Cl. The molecular weight excluding hydrogens is 250 g/mol. The predicted molar refractivity (Wildman–Crippen MR) is 45.5 cm³/mol. The highest BCUT2D eigenvalue weighted by Gasteiger charge is 2.29. The molecule has 0 aliphatic rings. The standard InChI is InChI=1S/C4H6Cl2F2NO3P/c1-3(2-5)11-13(8,10)12-9-4(6)7/h3H,2H2,1H3/b9-4-. The van der Waals surface area contributed by atoms with Gasteiger partial charge in [0.1, 0.15) is 0 Å². The Labute approximate surface area is 83.4 Å². The van der Waals surface area contributed by atoms with Crippen molar-refractivity contribution in [3.63, 3.8) is 0 Å². The number of rotatable bonds is 5. The third-order valence-corrected chi connectivity index (χ3v) is 2.12. The Morgan fingerprint density at radius 3 is 2.69 bits per heavy atom. The molecule has 78 valence electrons. The number of oxime groups is 1. The topological polar surface area (TPSA) is 47.9 Å². The van der Waals surface area contributed by atoms with Crippen LogP contribution in [0.25, 0.3) is 0 Å². The van der Waals surface area contributed by atoms with Gasteiger partial charge in [-0.25, -0.2) is 4.57 Å². The van der Waals surface area contributed by atoms with Crippen molar-refractivity contribution in [3.05, 3.63) is 0 Å². The summed E-state index contributed by atoms with van der Waals surface area (Å²) in [6.45, 7) is 1.35. The van der Waals surface area contributed by atoms with Crippen LogP contribution in [-0.2, 0) is 13.7 Å². The Hall–Kier alpha value is 0.1000. The van der Waals surface area contributed by atoms with Crippen LogP contribution in [0.15, 0.2) is 5.16 Å². The highest BCUT2D eigenvalue weighted by atomic mass is 35.5. The van der Waals surface area contributed by atoms with Crippen LogP contribution < -0.4 is 0 Å². The molecule has 0 saturated carbocycles. The summed E-state index contributed by atoms with van der Waals surface area (Å²) in [7, 11) is -4.92. The van der Waals surface area contributed by atoms with E-state index in [1.54, 1.807) is 0 Å². The molecule has 0 saturated heterocycles. The van der Waals surface area contributed by atoms with E-state index in [0.29, 0.717) is 0 Å². The molecule has 0 heterocycles. The summed E-state index contributed by atoms with van der Waals surface area (Å²) in [5.74, 6) is -0.0929. The van der Waals surface area contributed by atoms with Crippen LogP contribution in [0.5, 0.6) is 0 Å². The normalized spacial score (nSPS) is 19.3. The van der Waals surface area contributed by atoms with Gasteiger partial charge in [0, 0.05) is 5.88 Å². The number of hydrogen-bond acceptors (Lipinski definition) is 4. The van der Waals surface area contributed by atoms with E-state index in [2.05, 4.69) is 25.9 Å². The third kappa shape index (κ3) is 7.19. The van der Waals surface area contributed by atoms with Gasteiger partial charge < -0.3 is 0 Å². The minimum Gasteiger partial charge on any atom is -0.285 e. The number of alkyl halides is 1. The number of hydrogen-bond donors (Lipinski definition) is 0. The Morgan fingerprint density at radius 2 is 2.31 bits per heavy atom. The second kappa shape index (κ2) is 5.75. The van der Waals surface area contributed by atoms with E-state index in [9.17, 15) is 13.2 Å². The number of halogens is 4. The molecule has 0 amide bonds. The average Bonchev–Trinajstić information content (AvgIpc) is 2.00. The van der Waals surface area contributed by atoms with Crippen LogP contribution in [0, 0.1) is 0 Å². The predicted octanol–water partition coefficient (Wildman–Crippen LogP) is 3.20. The Morgan fingerprint density at radius 1 is 1.77 bits per heavy atom. The first-order valence-electron chi connectivity index (χ1n) is 2.99. The number of nitrogens with zero attached hydrogens (tertiary/aromatic N) is 1. The summed E-state index contributed by atoms with van der Waals surface area (Å²) in [6, 6.07) is 0. The molecule has 4 nitrogen and oxygen atoms in total. The molecule has 0 aromatic carbocycles. The first-order chi connectivity index (χ1) is 5.87. The molecule has 0 bridgehead atoms. The average molecular weight is 256 g/mol. The largest absolute Gasteiger partial charge is 0.590 e. The fourth-order valence-electron chi connectivity index (χ4n) is 0.342. The van der Waals surface area contributed by atoms with Gasteiger partial charge in [0.05, 0.1) is 6.10 Å². The van der Waals surface area contributed by atoms with Crippen molar-refractivity contribution in [2.24, 2.45) is 5.16 Å².